The van der Waals surface area contributed by atoms with Crippen LogP contribution in [0.25, 0.3) is 0 Å². The van der Waals surface area contributed by atoms with Gasteiger partial charge in [-0.25, -0.2) is 14.1 Å². The van der Waals surface area contributed by atoms with Gasteiger partial charge in [0.05, 0.1) is 6.04 Å². The third kappa shape index (κ3) is 5.63. The van der Waals surface area contributed by atoms with Crippen LogP contribution in [0.4, 0.5) is 4.39 Å². The molecule has 1 unspecified atom stereocenters. The number of guanidine groups is 1. The molecule has 7 nitrogen and oxygen atoms in total. The Bertz CT molecular complexity index is 819. The van der Waals surface area contributed by atoms with Gasteiger partial charge in [-0.3, -0.25) is 4.99 Å². The van der Waals surface area contributed by atoms with Gasteiger partial charge in [-0.2, -0.15) is 5.10 Å². The molecule has 3 rings (SSSR count). The quantitative estimate of drug-likeness (QED) is 0.375. The molecule has 0 saturated carbocycles. The number of aromatic nitrogens is 3. The molecule has 1 atom stereocenters. The van der Waals surface area contributed by atoms with Crippen LogP contribution in [0, 0.1) is 12.7 Å². The molecular weight excluding hydrogens is 472 g/mol. The molecule has 1 aromatic heterocycles. The largest absolute Gasteiger partial charge is 0.352 e. The first kappa shape index (κ1) is 22.5. The van der Waals surface area contributed by atoms with Gasteiger partial charge >= 0.3 is 0 Å². The van der Waals surface area contributed by atoms with E-state index >= 15 is 0 Å². The van der Waals surface area contributed by atoms with Crippen molar-refractivity contribution in [3.63, 3.8) is 0 Å². The van der Waals surface area contributed by atoms with E-state index in [1.807, 2.05) is 36.7 Å². The van der Waals surface area contributed by atoms with E-state index in [2.05, 4.69) is 25.7 Å². The number of hydrogen-bond acceptors (Lipinski definition) is 4. The Balaban J connectivity index is 0.00000280. The SMILES string of the molecule is CN=C(NCc1ccc(F)c(CN(C)C)c1)NC1CCCn2nc(C)nc21.I. The highest BCUT2D eigenvalue weighted by Crippen LogP contribution is 2.22. The van der Waals surface area contributed by atoms with Crippen molar-refractivity contribution in [2.24, 2.45) is 4.99 Å². The molecule has 0 saturated heterocycles. The molecule has 0 aliphatic carbocycles. The number of benzene rings is 1. The van der Waals surface area contributed by atoms with E-state index in [1.54, 1.807) is 13.1 Å². The first-order valence-corrected chi connectivity index (χ1v) is 9.27. The highest BCUT2D eigenvalue weighted by atomic mass is 127. The first-order chi connectivity index (χ1) is 13.0. The zero-order chi connectivity index (χ0) is 19.4. The second-order valence-corrected chi connectivity index (χ2v) is 7.17. The normalized spacial score (nSPS) is 16.5. The van der Waals surface area contributed by atoms with Crippen LogP contribution in [0.3, 0.4) is 0 Å². The lowest BCUT2D eigenvalue weighted by Gasteiger charge is -2.25. The summed E-state index contributed by atoms with van der Waals surface area (Å²) in [4.78, 5) is 10.8. The molecule has 0 amide bonds. The summed E-state index contributed by atoms with van der Waals surface area (Å²) in [6.45, 7) is 3.96. The number of aliphatic imine (C=N–C) groups is 1. The van der Waals surface area contributed by atoms with Crippen molar-refractivity contribution in [2.45, 2.75) is 45.4 Å². The Hall–Kier alpha value is -1.75. The van der Waals surface area contributed by atoms with E-state index in [4.69, 9.17) is 0 Å². The summed E-state index contributed by atoms with van der Waals surface area (Å²) in [5, 5.41) is 11.2. The summed E-state index contributed by atoms with van der Waals surface area (Å²) in [5.74, 6) is 2.28. The standard InChI is InChI=1S/C19H28FN7.HI/c1-13-23-18-17(6-5-9-27(18)25-13)24-19(21-2)22-11-14-7-8-16(20)15(10-14)12-26(3)4;/h7-8,10,17H,5-6,9,11-12H2,1-4H3,(H2,21,22,24);1H. The Morgan fingerprint density at radius 2 is 2.18 bits per heavy atom. The third-order valence-electron chi connectivity index (χ3n) is 4.57. The third-order valence-corrected chi connectivity index (χ3v) is 4.57. The summed E-state index contributed by atoms with van der Waals surface area (Å²) in [6.07, 6.45) is 2.04. The zero-order valence-electron chi connectivity index (χ0n) is 16.9. The molecule has 0 spiro atoms. The van der Waals surface area contributed by atoms with Crippen molar-refractivity contribution >= 4 is 29.9 Å². The minimum Gasteiger partial charge on any atom is -0.352 e. The van der Waals surface area contributed by atoms with Crippen LogP contribution >= 0.6 is 24.0 Å². The average Bonchev–Trinajstić information content (AvgIpc) is 3.01. The van der Waals surface area contributed by atoms with E-state index in [1.165, 1.54) is 6.07 Å². The maximum Gasteiger partial charge on any atom is 0.191 e. The van der Waals surface area contributed by atoms with Crippen molar-refractivity contribution in [3.05, 3.63) is 46.8 Å². The fourth-order valence-corrected chi connectivity index (χ4v) is 3.35. The van der Waals surface area contributed by atoms with Crippen LogP contribution in [0.1, 0.15) is 41.7 Å². The van der Waals surface area contributed by atoms with Crippen LogP contribution < -0.4 is 10.6 Å². The molecule has 1 aliphatic rings. The summed E-state index contributed by atoms with van der Waals surface area (Å²) in [5.41, 5.74) is 1.71. The predicted octanol–water partition coefficient (Wildman–Crippen LogP) is 2.61. The second kappa shape index (κ2) is 10.1. The molecule has 2 heterocycles. The number of fused-ring (bicyclic) bond motifs is 1. The summed E-state index contributed by atoms with van der Waals surface area (Å²) >= 11 is 0. The Morgan fingerprint density at radius 3 is 2.89 bits per heavy atom. The van der Waals surface area contributed by atoms with Gasteiger partial charge in [0.2, 0.25) is 0 Å². The van der Waals surface area contributed by atoms with Crippen molar-refractivity contribution in [3.8, 4) is 0 Å². The highest BCUT2D eigenvalue weighted by molar-refractivity contribution is 14.0. The number of nitrogens with zero attached hydrogens (tertiary/aromatic N) is 5. The van der Waals surface area contributed by atoms with Gasteiger partial charge in [-0.15, -0.1) is 24.0 Å². The van der Waals surface area contributed by atoms with E-state index < -0.39 is 0 Å². The number of rotatable bonds is 5. The van der Waals surface area contributed by atoms with Gasteiger partial charge in [0.25, 0.3) is 0 Å². The van der Waals surface area contributed by atoms with Gasteiger partial charge in [0.15, 0.2) is 5.96 Å². The van der Waals surface area contributed by atoms with Crippen molar-refractivity contribution in [1.29, 1.82) is 0 Å². The second-order valence-electron chi connectivity index (χ2n) is 7.17. The molecule has 9 heteroatoms. The molecule has 2 N–H and O–H groups in total. The van der Waals surface area contributed by atoms with Gasteiger partial charge < -0.3 is 15.5 Å². The Kier molecular flexibility index (Phi) is 8.17. The van der Waals surface area contributed by atoms with Crippen LogP contribution in [0.15, 0.2) is 23.2 Å². The van der Waals surface area contributed by atoms with Crippen LogP contribution in [0.2, 0.25) is 0 Å². The van der Waals surface area contributed by atoms with Crippen molar-refractivity contribution in [2.75, 3.05) is 21.1 Å². The van der Waals surface area contributed by atoms with Crippen LogP contribution in [0.5, 0.6) is 0 Å². The smallest absolute Gasteiger partial charge is 0.191 e. The molecule has 0 radical (unpaired) electrons. The Morgan fingerprint density at radius 1 is 1.39 bits per heavy atom. The molecule has 0 bridgehead atoms. The van der Waals surface area contributed by atoms with Gasteiger partial charge in [0, 0.05) is 32.2 Å². The first-order valence-electron chi connectivity index (χ1n) is 9.27. The van der Waals surface area contributed by atoms with Crippen molar-refractivity contribution < 1.29 is 4.39 Å². The number of nitrogens with one attached hydrogen (secondary N) is 2. The summed E-state index contributed by atoms with van der Waals surface area (Å²) in [7, 11) is 5.61. The zero-order valence-corrected chi connectivity index (χ0v) is 19.2. The fraction of sp³-hybridized carbons (Fsp3) is 0.526. The van der Waals surface area contributed by atoms with Crippen molar-refractivity contribution in [1.82, 2.24) is 30.3 Å². The van der Waals surface area contributed by atoms with Crippen LogP contribution in [-0.2, 0) is 19.6 Å². The summed E-state index contributed by atoms with van der Waals surface area (Å²) in [6, 6.07) is 5.31. The molecule has 0 fully saturated rings. The highest BCUT2D eigenvalue weighted by Gasteiger charge is 2.24. The predicted molar refractivity (Wildman–Crippen MR) is 119 cm³/mol. The fourth-order valence-electron chi connectivity index (χ4n) is 3.35. The van der Waals surface area contributed by atoms with Gasteiger partial charge in [-0.05, 0) is 51.6 Å². The average molecular weight is 501 g/mol. The van der Waals surface area contributed by atoms with E-state index in [0.29, 0.717) is 24.6 Å². The van der Waals surface area contributed by atoms with E-state index in [9.17, 15) is 4.39 Å². The molecule has 154 valence electrons. The van der Waals surface area contributed by atoms with E-state index in [0.717, 1.165) is 36.6 Å². The lowest BCUT2D eigenvalue weighted by molar-refractivity contribution is 0.392. The minimum atomic E-state index is -0.174. The Labute approximate surface area is 182 Å². The number of hydrogen-bond donors (Lipinski definition) is 2. The molecular formula is C19H29FIN7. The molecule has 2 aromatic rings. The lowest BCUT2D eigenvalue weighted by atomic mass is 10.1. The monoisotopic (exact) mass is 501 g/mol. The lowest BCUT2D eigenvalue weighted by Crippen LogP contribution is -2.41. The molecule has 1 aromatic carbocycles. The number of aryl methyl sites for hydroxylation is 2. The van der Waals surface area contributed by atoms with Gasteiger partial charge in [-0.1, -0.05) is 6.07 Å². The topological polar surface area (TPSA) is 70.4 Å². The maximum absolute atomic E-state index is 13.9. The molecule has 28 heavy (non-hydrogen) atoms. The van der Waals surface area contributed by atoms with Crippen LogP contribution in [-0.4, -0.2) is 46.8 Å². The minimum absolute atomic E-state index is 0. The number of halogens is 2. The summed E-state index contributed by atoms with van der Waals surface area (Å²) < 4.78 is 15.9. The molecule has 1 aliphatic heterocycles. The van der Waals surface area contributed by atoms with Gasteiger partial charge in [0.1, 0.15) is 17.5 Å². The maximum atomic E-state index is 13.9. The van der Waals surface area contributed by atoms with E-state index in [-0.39, 0.29) is 35.8 Å².